The predicted molar refractivity (Wildman–Crippen MR) is 104 cm³/mol. The molecule has 2 N–H and O–H groups in total. The zero-order valence-electron chi connectivity index (χ0n) is 15.2. The van der Waals surface area contributed by atoms with Crippen LogP contribution in [0.5, 0.6) is 29.1 Å². The largest absolute Gasteiger partial charge is 0.493 e. The number of nitrogens with two attached hydrogens (primary N) is 1. The number of nitrogens with zero attached hydrogens (tertiary/aromatic N) is 4. The lowest BCUT2D eigenvalue weighted by Crippen LogP contribution is -2.17. The van der Waals surface area contributed by atoms with Crippen LogP contribution >= 0.6 is 15.9 Å². The second kappa shape index (κ2) is 9.64. The number of methoxy groups -OCH3 is 1. The van der Waals surface area contributed by atoms with Crippen molar-refractivity contribution in [3.8, 4) is 29.1 Å². The van der Waals surface area contributed by atoms with Gasteiger partial charge in [-0.15, -0.1) is 0 Å². The summed E-state index contributed by atoms with van der Waals surface area (Å²) in [5.41, 5.74) is 5.25. The highest BCUT2D eigenvalue weighted by Crippen LogP contribution is 2.34. The summed E-state index contributed by atoms with van der Waals surface area (Å²) in [6, 6.07) is 7.22. The molecule has 0 aliphatic heterocycles. The van der Waals surface area contributed by atoms with Gasteiger partial charge in [-0.1, -0.05) is 12.1 Å². The zero-order valence-corrected chi connectivity index (χ0v) is 16.8. The number of para-hydroxylation sites is 2. The number of halogens is 1. The van der Waals surface area contributed by atoms with Crippen molar-refractivity contribution in [1.29, 1.82) is 0 Å². The SMILES string of the molecule is COc1ccccc1Oc1cnc(C(N)=O)nc1OCCOc1ncc(Br)cn1. The molecular formula is C18H16BrN5O5. The number of primary amides is 1. The molecule has 3 rings (SSSR count). The van der Waals surface area contributed by atoms with Gasteiger partial charge < -0.3 is 24.7 Å². The Morgan fingerprint density at radius 2 is 1.69 bits per heavy atom. The van der Waals surface area contributed by atoms with E-state index < -0.39 is 5.91 Å². The van der Waals surface area contributed by atoms with E-state index in [9.17, 15) is 4.79 Å². The number of aromatic nitrogens is 4. The van der Waals surface area contributed by atoms with E-state index in [1.165, 1.54) is 13.3 Å². The first-order chi connectivity index (χ1) is 14.1. The monoisotopic (exact) mass is 461 g/mol. The zero-order chi connectivity index (χ0) is 20.6. The van der Waals surface area contributed by atoms with Gasteiger partial charge >= 0.3 is 6.01 Å². The Morgan fingerprint density at radius 1 is 1.00 bits per heavy atom. The van der Waals surface area contributed by atoms with Crippen LogP contribution in [0.4, 0.5) is 0 Å². The number of amides is 1. The maximum Gasteiger partial charge on any atom is 0.316 e. The van der Waals surface area contributed by atoms with Crippen LogP contribution in [0.1, 0.15) is 10.6 Å². The molecule has 3 aromatic rings. The van der Waals surface area contributed by atoms with Crippen molar-refractivity contribution in [3.05, 3.63) is 53.2 Å². The van der Waals surface area contributed by atoms with E-state index in [0.717, 1.165) is 4.47 Å². The average Bonchev–Trinajstić information content (AvgIpc) is 2.73. The second-order valence-corrected chi connectivity index (χ2v) is 6.28. The number of carbonyl (C=O) groups is 1. The summed E-state index contributed by atoms with van der Waals surface area (Å²) < 4.78 is 22.8. The van der Waals surface area contributed by atoms with Gasteiger partial charge in [-0.05, 0) is 28.1 Å². The van der Waals surface area contributed by atoms with Gasteiger partial charge in [0.25, 0.3) is 11.8 Å². The molecule has 0 aliphatic rings. The number of rotatable bonds is 9. The number of hydrogen-bond acceptors (Lipinski definition) is 9. The van der Waals surface area contributed by atoms with Gasteiger partial charge in [0.2, 0.25) is 11.6 Å². The molecule has 2 heterocycles. The highest BCUT2D eigenvalue weighted by molar-refractivity contribution is 9.10. The first kappa shape index (κ1) is 20.3. The Labute approximate surface area is 174 Å². The summed E-state index contributed by atoms with van der Waals surface area (Å²) in [6.07, 6.45) is 4.42. The molecule has 0 saturated heterocycles. The fraction of sp³-hybridized carbons (Fsp3) is 0.167. The molecule has 0 fully saturated rings. The Kier molecular flexibility index (Phi) is 6.74. The lowest BCUT2D eigenvalue weighted by Gasteiger charge is -2.13. The molecule has 0 unspecified atom stereocenters. The first-order valence-corrected chi connectivity index (χ1v) is 9.07. The molecule has 11 heteroatoms. The normalized spacial score (nSPS) is 10.3. The third kappa shape index (κ3) is 5.51. The molecule has 0 bridgehead atoms. The van der Waals surface area contributed by atoms with E-state index in [0.29, 0.717) is 11.5 Å². The Morgan fingerprint density at radius 3 is 2.38 bits per heavy atom. The topological polar surface area (TPSA) is 132 Å². The number of carbonyl (C=O) groups excluding carboxylic acids is 1. The fourth-order valence-corrected chi connectivity index (χ4v) is 2.32. The van der Waals surface area contributed by atoms with Gasteiger partial charge in [-0.2, -0.15) is 4.98 Å². The van der Waals surface area contributed by atoms with Crippen LogP contribution in [-0.4, -0.2) is 46.2 Å². The van der Waals surface area contributed by atoms with Crippen molar-refractivity contribution < 1.29 is 23.7 Å². The van der Waals surface area contributed by atoms with Crippen molar-refractivity contribution in [2.45, 2.75) is 0 Å². The summed E-state index contributed by atoms with van der Waals surface area (Å²) >= 11 is 3.24. The van der Waals surface area contributed by atoms with Crippen molar-refractivity contribution in [2.24, 2.45) is 5.73 Å². The van der Waals surface area contributed by atoms with Gasteiger partial charge in [-0.3, -0.25) is 4.79 Å². The molecule has 29 heavy (non-hydrogen) atoms. The Balaban J connectivity index is 1.71. The summed E-state index contributed by atoms with van der Waals surface area (Å²) in [7, 11) is 1.52. The predicted octanol–water partition coefficient (Wildman–Crippen LogP) is 2.39. The Bertz CT molecular complexity index is 987. The molecule has 0 aliphatic carbocycles. The highest BCUT2D eigenvalue weighted by atomic mass is 79.9. The summed E-state index contributed by atoms with van der Waals surface area (Å²) in [6.45, 7) is 0.211. The van der Waals surface area contributed by atoms with Gasteiger partial charge in [0, 0.05) is 12.4 Å². The maximum absolute atomic E-state index is 11.4. The molecule has 0 atom stereocenters. The standard InChI is InChI=1S/C18H16BrN5O5/c1-26-12-4-2-3-5-13(12)29-14-10-21-16(15(20)25)24-17(14)27-6-7-28-18-22-8-11(19)9-23-18/h2-5,8-10H,6-7H2,1H3,(H2,20,25). The van der Waals surface area contributed by atoms with Crippen LogP contribution < -0.4 is 24.7 Å². The van der Waals surface area contributed by atoms with Crippen molar-refractivity contribution in [3.63, 3.8) is 0 Å². The maximum atomic E-state index is 11.4. The molecule has 0 radical (unpaired) electrons. The summed E-state index contributed by atoms with van der Waals surface area (Å²) in [5.74, 6) is 0.144. The fourth-order valence-electron chi connectivity index (χ4n) is 2.12. The molecule has 10 nitrogen and oxygen atoms in total. The molecule has 0 spiro atoms. The molecule has 0 saturated carbocycles. The van der Waals surface area contributed by atoms with E-state index in [1.54, 1.807) is 36.7 Å². The smallest absolute Gasteiger partial charge is 0.316 e. The van der Waals surface area contributed by atoms with Gasteiger partial charge in [0.15, 0.2) is 11.5 Å². The van der Waals surface area contributed by atoms with E-state index in [4.69, 9.17) is 24.7 Å². The van der Waals surface area contributed by atoms with Crippen LogP contribution in [0.3, 0.4) is 0 Å². The number of ether oxygens (including phenoxy) is 4. The lowest BCUT2D eigenvalue weighted by atomic mass is 10.3. The minimum absolute atomic E-state index is 0.0278. The summed E-state index contributed by atoms with van der Waals surface area (Å²) in [5, 5.41) is 0. The molecule has 1 aromatic carbocycles. The first-order valence-electron chi connectivity index (χ1n) is 8.27. The van der Waals surface area contributed by atoms with Crippen LogP contribution in [0.15, 0.2) is 47.3 Å². The third-order valence-electron chi connectivity index (χ3n) is 3.38. The molecular weight excluding hydrogens is 446 g/mol. The minimum atomic E-state index is -0.793. The van der Waals surface area contributed by atoms with Crippen LogP contribution in [-0.2, 0) is 0 Å². The number of hydrogen-bond donors (Lipinski definition) is 1. The third-order valence-corrected chi connectivity index (χ3v) is 3.79. The van der Waals surface area contributed by atoms with Gasteiger partial charge in [0.1, 0.15) is 13.2 Å². The van der Waals surface area contributed by atoms with E-state index >= 15 is 0 Å². The molecule has 2 aromatic heterocycles. The number of benzene rings is 1. The quantitative estimate of drug-likeness (QED) is 0.476. The Hall–Kier alpha value is -3.47. The van der Waals surface area contributed by atoms with Crippen LogP contribution in [0.25, 0.3) is 0 Å². The van der Waals surface area contributed by atoms with Crippen molar-refractivity contribution >= 4 is 21.8 Å². The molecule has 150 valence electrons. The second-order valence-electron chi connectivity index (χ2n) is 5.36. The van der Waals surface area contributed by atoms with Crippen LogP contribution in [0, 0.1) is 0 Å². The summed E-state index contributed by atoms with van der Waals surface area (Å²) in [4.78, 5) is 27.3. The highest BCUT2D eigenvalue weighted by Gasteiger charge is 2.16. The average molecular weight is 462 g/mol. The van der Waals surface area contributed by atoms with Crippen molar-refractivity contribution in [2.75, 3.05) is 20.3 Å². The van der Waals surface area contributed by atoms with E-state index in [-0.39, 0.29) is 36.7 Å². The van der Waals surface area contributed by atoms with Crippen molar-refractivity contribution in [1.82, 2.24) is 19.9 Å². The van der Waals surface area contributed by atoms with E-state index in [2.05, 4.69) is 35.9 Å². The van der Waals surface area contributed by atoms with Gasteiger partial charge in [0.05, 0.1) is 17.8 Å². The van der Waals surface area contributed by atoms with Crippen LogP contribution in [0.2, 0.25) is 0 Å². The minimum Gasteiger partial charge on any atom is -0.493 e. The van der Waals surface area contributed by atoms with E-state index in [1.807, 2.05) is 0 Å². The lowest BCUT2D eigenvalue weighted by molar-refractivity contribution is 0.0988. The molecule has 1 amide bonds. The van der Waals surface area contributed by atoms with Gasteiger partial charge in [-0.25, -0.2) is 15.0 Å².